The molecule has 0 atom stereocenters. The van der Waals surface area contributed by atoms with Gasteiger partial charge in [0.1, 0.15) is 5.65 Å². The van der Waals surface area contributed by atoms with Crippen molar-refractivity contribution in [3.63, 3.8) is 0 Å². The molecule has 0 saturated heterocycles. The van der Waals surface area contributed by atoms with E-state index < -0.39 is 0 Å². The van der Waals surface area contributed by atoms with Crippen molar-refractivity contribution in [3.05, 3.63) is 58.8 Å². The van der Waals surface area contributed by atoms with Crippen molar-refractivity contribution >= 4 is 28.8 Å². The van der Waals surface area contributed by atoms with Crippen LogP contribution in [0.3, 0.4) is 0 Å². The number of rotatable bonds is 1. The Labute approximate surface area is 108 Å². The first-order valence-corrected chi connectivity index (χ1v) is 5.89. The number of nitrogens with zero attached hydrogens (tertiary/aromatic N) is 2. The Balaban J connectivity index is 2.34. The first-order valence-electron chi connectivity index (χ1n) is 5.14. The van der Waals surface area contributed by atoms with Crippen LogP contribution in [-0.2, 0) is 0 Å². The second kappa shape index (κ2) is 4.06. The molecule has 1 aromatic carbocycles. The van der Waals surface area contributed by atoms with E-state index >= 15 is 0 Å². The van der Waals surface area contributed by atoms with E-state index in [0.717, 1.165) is 16.9 Å². The molecular weight excluding hydrogens is 255 g/mol. The second-order valence-corrected chi connectivity index (χ2v) is 4.45. The van der Waals surface area contributed by atoms with Crippen LogP contribution in [0.2, 0.25) is 10.0 Å². The SMILES string of the molecule is Clc1cccc(-c2cccc3nccn23)c1Cl. The summed E-state index contributed by atoms with van der Waals surface area (Å²) in [4.78, 5) is 4.24. The van der Waals surface area contributed by atoms with Gasteiger partial charge in [0.05, 0.1) is 15.7 Å². The predicted molar refractivity (Wildman–Crippen MR) is 70.6 cm³/mol. The summed E-state index contributed by atoms with van der Waals surface area (Å²) in [5, 5.41) is 1.12. The van der Waals surface area contributed by atoms with Gasteiger partial charge in [-0.3, -0.25) is 4.40 Å². The maximum Gasteiger partial charge on any atom is 0.137 e. The van der Waals surface area contributed by atoms with Crippen LogP contribution in [0.1, 0.15) is 0 Å². The number of hydrogen-bond donors (Lipinski definition) is 0. The Kier molecular flexibility index (Phi) is 2.54. The number of halogens is 2. The van der Waals surface area contributed by atoms with Gasteiger partial charge in [0.2, 0.25) is 0 Å². The van der Waals surface area contributed by atoms with Crippen molar-refractivity contribution in [2.75, 3.05) is 0 Å². The molecule has 3 aromatic rings. The Bertz CT molecular complexity index is 689. The third-order valence-electron chi connectivity index (χ3n) is 2.66. The molecule has 0 spiro atoms. The summed E-state index contributed by atoms with van der Waals surface area (Å²) in [5.41, 5.74) is 2.77. The van der Waals surface area contributed by atoms with Gasteiger partial charge in [0.15, 0.2) is 0 Å². The molecule has 0 N–H and O–H groups in total. The highest BCUT2D eigenvalue weighted by molar-refractivity contribution is 6.43. The van der Waals surface area contributed by atoms with E-state index in [4.69, 9.17) is 23.2 Å². The molecule has 2 heterocycles. The molecule has 4 heteroatoms. The smallest absolute Gasteiger partial charge is 0.137 e. The Hall–Kier alpha value is -1.51. The number of imidazole rings is 1. The van der Waals surface area contributed by atoms with Gasteiger partial charge in [-0.25, -0.2) is 4.98 Å². The molecule has 0 fully saturated rings. The summed E-state index contributed by atoms with van der Waals surface area (Å²) in [6.07, 6.45) is 3.67. The predicted octanol–water partition coefficient (Wildman–Crippen LogP) is 4.31. The molecule has 0 aliphatic carbocycles. The highest BCUT2D eigenvalue weighted by Gasteiger charge is 2.09. The fourth-order valence-corrected chi connectivity index (χ4v) is 2.27. The number of fused-ring (bicyclic) bond motifs is 1. The number of hydrogen-bond acceptors (Lipinski definition) is 1. The maximum absolute atomic E-state index is 6.23. The highest BCUT2D eigenvalue weighted by Crippen LogP contribution is 2.33. The third kappa shape index (κ3) is 1.70. The minimum Gasteiger partial charge on any atom is -0.300 e. The first kappa shape index (κ1) is 10.6. The summed E-state index contributed by atoms with van der Waals surface area (Å²) in [7, 11) is 0. The average Bonchev–Trinajstić information content (AvgIpc) is 2.81. The molecule has 0 amide bonds. The van der Waals surface area contributed by atoms with E-state index in [1.165, 1.54) is 0 Å². The standard InChI is InChI=1S/C13H8Cl2N2/c14-10-4-1-3-9(13(10)15)11-5-2-6-12-16-7-8-17(11)12/h1-8H. The van der Waals surface area contributed by atoms with Crippen LogP contribution in [0.25, 0.3) is 16.9 Å². The molecule has 2 aromatic heterocycles. The molecule has 0 unspecified atom stereocenters. The molecule has 2 nitrogen and oxygen atoms in total. The van der Waals surface area contributed by atoms with Gasteiger partial charge < -0.3 is 0 Å². The minimum atomic E-state index is 0.557. The lowest BCUT2D eigenvalue weighted by Gasteiger charge is -2.08. The topological polar surface area (TPSA) is 17.3 Å². The lowest BCUT2D eigenvalue weighted by Crippen LogP contribution is -1.91. The van der Waals surface area contributed by atoms with Crippen molar-refractivity contribution in [1.82, 2.24) is 9.38 Å². The maximum atomic E-state index is 6.23. The second-order valence-electron chi connectivity index (χ2n) is 3.67. The largest absolute Gasteiger partial charge is 0.300 e. The molecule has 0 aliphatic heterocycles. The van der Waals surface area contributed by atoms with E-state index in [1.807, 2.05) is 40.9 Å². The average molecular weight is 263 g/mol. The van der Waals surface area contributed by atoms with Gasteiger partial charge in [0, 0.05) is 18.0 Å². The summed E-state index contributed by atoms with van der Waals surface area (Å²) in [6, 6.07) is 11.5. The van der Waals surface area contributed by atoms with Crippen molar-refractivity contribution in [2.45, 2.75) is 0 Å². The Morgan fingerprint density at radius 1 is 1.00 bits per heavy atom. The molecule has 3 rings (SSSR count). The van der Waals surface area contributed by atoms with Crippen LogP contribution in [0, 0.1) is 0 Å². The quantitative estimate of drug-likeness (QED) is 0.639. The molecule has 84 valence electrons. The van der Waals surface area contributed by atoms with E-state index in [2.05, 4.69) is 4.98 Å². The number of pyridine rings is 1. The Morgan fingerprint density at radius 2 is 1.82 bits per heavy atom. The van der Waals surface area contributed by atoms with Gasteiger partial charge in [-0.2, -0.15) is 0 Å². The molecule has 17 heavy (non-hydrogen) atoms. The van der Waals surface area contributed by atoms with Crippen LogP contribution in [0.5, 0.6) is 0 Å². The zero-order valence-corrected chi connectivity index (χ0v) is 10.3. The summed E-state index contributed by atoms with van der Waals surface area (Å²) < 4.78 is 1.98. The molecule has 0 aliphatic rings. The minimum absolute atomic E-state index is 0.557. The van der Waals surface area contributed by atoms with E-state index in [9.17, 15) is 0 Å². The van der Waals surface area contributed by atoms with Gasteiger partial charge in [-0.05, 0) is 18.2 Å². The van der Waals surface area contributed by atoms with Crippen LogP contribution in [-0.4, -0.2) is 9.38 Å². The molecule has 0 bridgehead atoms. The zero-order chi connectivity index (χ0) is 11.8. The molecule has 0 radical (unpaired) electrons. The lowest BCUT2D eigenvalue weighted by molar-refractivity contribution is 1.19. The lowest BCUT2D eigenvalue weighted by atomic mass is 10.1. The van der Waals surface area contributed by atoms with E-state index in [-0.39, 0.29) is 0 Å². The summed E-state index contributed by atoms with van der Waals surface area (Å²) in [6.45, 7) is 0. The van der Waals surface area contributed by atoms with Crippen LogP contribution < -0.4 is 0 Å². The monoisotopic (exact) mass is 262 g/mol. The van der Waals surface area contributed by atoms with Crippen LogP contribution >= 0.6 is 23.2 Å². The molecule has 0 saturated carbocycles. The van der Waals surface area contributed by atoms with Crippen molar-refractivity contribution in [3.8, 4) is 11.3 Å². The van der Waals surface area contributed by atoms with Gasteiger partial charge in [-0.1, -0.05) is 41.4 Å². The highest BCUT2D eigenvalue weighted by atomic mass is 35.5. The van der Waals surface area contributed by atoms with Crippen molar-refractivity contribution in [1.29, 1.82) is 0 Å². The normalized spacial score (nSPS) is 10.9. The van der Waals surface area contributed by atoms with Crippen molar-refractivity contribution in [2.24, 2.45) is 0 Å². The van der Waals surface area contributed by atoms with Gasteiger partial charge >= 0.3 is 0 Å². The molecular formula is C13H8Cl2N2. The fraction of sp³-hybridized carbons (Fsp3) is 0. The fourth-order valence-electron chi connectivity index (χ4n) is 1.87. The van der Waals surface area contributed by atoms with E-state index in [0.29, 0.717) is 10.0 Å². The third-order valence-corrected chi connectivity index (χ3v) is 3.47. The zero-order valence-electron chi connectivity index (χ0n) is 8.77. The van der Waals surface area contributed by atoms with Gasteiger partial charge in [0.25, 0.3) is 0 Å². The van der Waals surface area contributed by atoms with E-state index in [1.54, 1.807) is 12.3 Å². The number of benzene rings is 1. The van der Waals surface area contributed by atoms with Crippen LogP contribution in [0.4, 0.5) is 0 Å². The van der Waals surface area contributed by atoms with Crippen molar-refractivity contribution < 1.29 is 0 Å². The summed E-state index contributed by atoms with van der Waals surface area (Å²) >= 11 is 12.3. The number of aromatic nitrogens is 2. The summed E-state index contributed by atoms with van der Waals surface area (Å²) in [5.74, 6) is 0. The first-order chi connectivity index (χ1) is 8.27. The Morgan fingerprint density at radius 3 is 2.71 bits per heavy atom. The van der Waals surface area contributed by atoms with Crippen LogP contribution in [0.15, 0.2) is 48.8 Å². The van der Waals surface area contributed by atoms with Gasteiger partial charge in [-0.15, -0.1) is 0 Å².